The van der Waals surface area contributed by atoms with Gasteiger partial charge in [0.1, 0.15) is 0 Å². The van der Waals surface area contributed by atoms with Gasteiger partial charge in [0.15, 0.2) is 0 Å². The molecule has 1 unspecified atom stereocenters. The summed E-state index contributed by atoms with van der Waals surface area (Å²) in [5.74, 6) is 0. The molecular weight excluding hydrogens is 258 g/mol. The number of hydrogen-bond acceptors (Lipinski definition) is 5. The molecule has 0 aliphatic rings. The predicted molar refractivity (Wildman–Crippen MR) is 81.3 cm³/mol. The number of likely N-dealkylation sites (N-methyl/N-ethyl adjacent to an activating group) is 1. The first-order chi connectivity index (χ1) is 9.85. The van der Waals surface area contributed by atoms with Gasteiger partial charge >= 0.3 is 0 Å². The molecule has 0 heterocycles. The molecule has 0 saturated heterocycles. The second-order valence-corrected chi connectivity index (χ2v) is 4.65. The highest BCUT2D eigenvalue weighted by atomic mass is 16.6. The highest BCUT2D eigenvalue weighted by Gasteiger charge is 2.03. The highest BCUT2D eigenvalue weighted by Crippen LogP contribution is 1.96. The third kappa shape index (κ3) is 14.2. The van der Waals surface area contributed by atoms with E-state index < -0.39 is 0 Å². The van der Waals surface area contributed by atoms with Crippen LogP contribution < -0.4 is 5.32 Å². The van der Waals surface area contributed by atoms with Gasteiger partial charge in [-0.2, -0.15) is 0 Å². The first-order valence-electron chi connectivity index (χ1n) is 7.84. The summed E-state index contributed by atoms with van der Waals surface area (Å²) in [6.45, 7) is 9.80. The average Bonchev–Trinajstić information content (AvgIpc) is 2.47. The maximum absolute atomic E-state index is 5.67. The zero-order chi connectivity index (χ0) is 14.9. The molecule has 0 aliphatic heterocycles. The zero-order valence-corrected chi connectivity index (χ0v) is 13.5. The SMILES string of the molecule is CCCCOCCOCCOCCOC(CC)CNC. The molecule has 0 aromatic rings. The molecule has 5 heteroatoms. The van der Waals surface area contributed by atoms with Crippen molar-refractivity contribution in [2.45, 2.75) is 39.2 Å². The van der Waals surface area contributed by atoms with Gasteiger partial charge in [0.25, 0.3) is 0 Å². The quantitative estimate of drug-likeness (QED) is 0.440. The normalized spacial score (nSPS) is 12.8. The number of hydrogen-bond donors (Lipinski definition) is 1. The van der Waals surface area contributed by atoms with Crippen molar-refractivity contribution in [2.24, 2.45) is 0 Å². The topological polar surface area (TPSA) is 49.0 Å². The minimum Gasteiger partial charge on any atom is -0.379 e. The summed E-state index contributed by atoms with van der Waals surface area (Å²) in [5.41, 5.74) is 0. The Balaban J connectivity index is 3.09. The van der Waals surface area contributed by atoms with E-state index in [9.17, 15) is 0 Å². The Kier molecular flexibility index (Phi) is 16.7. The summed E-state index contributed by atoms with van der Waals surface area (Å²) >= 11 is 0. The van der Waals surface area contributed by atoms with E-state index in [1.165, 1.54) is 6.42 Å². The van der Waals surface area contributed by atoms with Crippen LogP contribution in [0.15, 0.2) is 0 Å². The van der Waals surface area contributed by atoms with Gasteiger partial charge in [0.2, 0.25) is 0 Å². The fraction of sp³-hybridized carbons (Fsp3) is 1.00. The molecule has 20 heavy (non-hydrogen) atoms. The lowest BCUT2D eigenvalue weighted by molar-refractivity contribution is -0.0188. The Morgan fingerprint density at radius 2 is 1.35 bits per heavy atom. The standard InChI is InChI=1S/C15H33NO4/c1-4-6-7-17-8-9-18-10-11-19-12-13-20-15(5-2)14-16-3/h15-16H,4-14H2,1-3H3. The van der Waals surface area contributed by atoms with Gasteiger partial charge in [0, 0.05) is 13.2 Å². The van der Waals surface area contributed by atoms with E-state index in [-0.39, 0.29) is 6.10 Å². The van der Waals surface area contributed by atoms with Gasteiger partial charge < -0.3 is 24.3 Å². The Bertz CT molecular complexity index is 181. The van der Waals surface area contributed by atoms with Crippen LogP contribution in [0.25, 0.3) is 0 Å². The third-order valence-corrected chi connectivity index (χ3v) is 2.85. The van der Waals surface area contributed by atoms with Crippen LogP contribution in [0.2, 0.25) is 0 Å². The van der Waals surface area contributed by atoms with E-state index >= 15 is 0 Å². The fourth-order valence-electron chi connectivity index (χ4n) is 1.61. The minimum absolute atomic E-state index is 0.278. The lowest BCUT2D eigenvalue weighted by Gasteiger charge is -2.15. The number of nitrogens with one attached hydrogen (secondary N) is 1. The van der Waals surface area contributed by atoms with E-state index in [4.69, 9.17) is 18.9 Å². The summed E-state index contributed by atoms with van der Waals surface area (Å²) in [6, 6.07) is 0. The molecule has 0 rings (SSSR count). The zero-order valence-electron chi connectivity index (χ0n) is 13.5. The molecule has 1 atom stereocenters. The van der Waals surface area contributed by atoms with Crippen LogP contribution in [-0.4, -0.2) is 65.9 Å². The molecule has 0 radical (unpaired) electrons. The van der Waals surface area contributed by atoms with Crippen LogP contribution in [-0.2, 0) is 18.9 Å². The Hall–Kier alpha value is -0.200. The van der Waals surface area contributed by atoms with Gasteiger partial charge in [-0.05, 0) is 19.9 Å². The van der Waals surface area contributed by atoms with Crippen LogP contribution >= 0.6 is 0 Å². The van der Waals surface area contributed by atoms with Crippen molar-refractivity contribution in [3.8, 4) is 0 Å². The van der Waals surface area contributed by atoms with Gasteiger partial charge in [-0.1, -0.05) is 20.3 Å². The monoisotopic (exact) mass is 291 g/mol. The maximum Gasteiger partial charge on any atom is 0.0704 e. The number of ether oxygens (including phenoxy) is 4. The van der Waals surface area contributed by atoms with Crippen molar-refractivity contribution in [2.75, 3.05) is 59.8 Å². The third-order valence-electron chi connectivity index (χ3n) is 2.85. The lowest BCUT2D eigenvalue weighted by Crippen LogP contribution is -2.27. The fourth-order valence-corrected chi connectivity index (χ4v) is 1.61. The van der Waals surface area contributed by atoms with E-state index in [2.05, 4.69) is 19.2 Å². The highest BCUT2D eigenvalue weighted by molar-refractivity contribution is 4.56. The number of unbranched alkanes of at least 4 members (excludes halogenated alkanes) is 1. The maximum atomic E-state index is 5.67. The summed E-state index contributed by atoms with van der Waals surface area (Å²) in [6.07, 6.45) is 3.58. The molecule has 0 spiro atoms. The van der Waals surface area contributed by atoms with Crippen molar-refractivity contribution in [1.82, 2.24) is 5.32 Å². The van der Waals surface area contributed by atoms with Gasteiger partial charge in [-0.3, -0.25) is 0 Å². The summed E-state index contributed by atoms with van der Waals surface area (Å²) < 4.78 is 21.9. The van der Waals surface area contributed by atoms with Crippen LogP contribution in [0.3, 0.4) is 0 Å². The Labute approximate surface area is 124 Å². The largest absolute Gasteiger partial charge is 0.379 e. The predicted octanol–water partition coefficient (Wildman–Crippen LogP) is 1.85. The molecule has 0 aliphatic carbocycles. The summed E-state index contributed by atoms with van der Waals surface area (Å²) in [7, 11) is 1.94. The molecule has 1 N–H and O–H groups in total. The lowest BCUT2D eigenvalue weighted by atomic mass is 10.3. The Morgan fingerprint density at radius 1 is 0.800 bits per heavy atom. The van der Waals surface area contributed by atoms with Crippen LogP contribution in [0.4, 0.5) is 0 Å². The van der Waals surface area contributed by atoms with Gasteiger partial charge in [0.05, 0.1) is 45.7 Å². The average molecular weight is 291 g/mol. The first-order valence-corrected chi connectivity index (χ1v) is 7.84. The molecule has 0 aromatic carbocycles. The molecule has 0 fully saturated rings. The van der Waals surface area contributed by atoms with Crippen molar-refractivity contribution >= 4 is 0 Å². The molecular formula is C15H33NO4. The van der Waals surface area contributed by atoms with E-state index in [0.29, 0.717) is 39.6 Å². The van der Waals surface area contributed by atoms with Crippen LogP contribution in [0, 0.1) is 0 Å². The minimum atomic E-state index is 0.278. The van der Waals surface area contributed by atoms with Crippen LogP contribution in [0.5, 0.6) is 0 Å². The Morgan fingerprint density at radius 3 is 1.85 bits per heavy atom. The number of rotatable bonds is 16. The molecule has 122 valence electrons. The summed E-state index contributed by atoms with van der Waals surface area (Å²) in [5, 5.41) is 3.11. The van der Waals surface area contributed by atoms with E-state index in [0.717, 1.165) is 26.0 Å². The molecule has 0 amide bonds. The van der Waals surface area contributed by atoms with E-state index in [1.54, 1.807) is 0 Å². The van der Waals surface area contributed by atoms with Crippen molar-refractivity contribution in [3.63, 3.8) is 0 Å². The first kappa shape index (κ1) is 19.8. The molecule has 5 nitrogen and oxygen atoms in total. The van der Waals surface area contributed by atoms with E-state index in [1.807, 2.05) is 7.05 Å². The van der Waals surface area contributed by atoms with Crippen LogP contribution in [0.1, 0.15) is 33.1 Å². The molecule has 0 saturated carbocycles. The van der Waals surface area contributed by atoms with Crippen molar-refractivity contribution in [3.05, 3.63) is 0 Å². The molecule has 0 aromatic heterocycles. The van der Waals surface area contributed by atoms with Gasteiger partial charge in [-0.15, -0.1) is 0 Å². The van der Waals surface area contributed by atoms with Gasteiger partial charge in [-0.25, -0.2) is 0 Å². The van der Waals surface area contributed by atoms with Crippen molar-refractivity contribution in [1.29, 1.82) is 0 Å². The van der Waals surface area contributed by atoms with Crippen molar-refractivity contribution < 1.29 is 18.9 Å². The second-order valence-electron chi connectivity index (χ2n) is 4.65. The molecule has 0 bridgehead atoms. The second kappa shape index (κ2) is 16.9. The smallest absolute Gasteiger partial charge is 0.0704 e. The summed E-state index contributed by atoms with van der Waals surface area (Å²) in [4.78, 5) is 0.